The van der Waals surface area contributed by atoms with Crippen molar-refractivity contribution in [2.24, 2.45) is 5.92 Å². The number of para-hydroxylation sites is 1. The number of hydrogen-bond acceptors (Lipinski definition) is 6. The van der Waals surface area contributed by atoms with Gasteiger partial charge in [0.05, 0.1) is 5.56 Å². The maximum absolute atomic E-state index is 10.5. The van der Waals surface area contributed by atoms with Crippen molar-refractivity contribution >= 4 is 18.9 Å². The zero-order valence-electron chi connectivity index (χ0n) is 18.6. The second-order valence-electron chi connectivity index (χ2n) is 7.37. The van der Waals surface area contributed by atoms with Crippen molar-refractivity contribution in [3.63, 3.8) is 0 Å². The predicted molar refractivity (Wildman–Crippen MR) is 126 cm³/mol. The van der Waals surface area contributed by atoms with E-state index in [0.29, 0.717) is 25.1 Å². The van der Waals surface area contributed by atoms with Gasteiger partial charge in [-0.05, 0) is 48.2 Å². The van der Waals surface area contributed by atoms with Crippen molar-refractivity contribution < 1.29 is 29.0 Å². The van der Waals surface area contributed by atoms with Crippen LogP contribution in [0.3, 0.4) is 0 Å². The van der Waals surface area contributed by atoms with Crippen LogP contribution in [0.2, 0.25) is 0 Å². The highest BCUT2D eigenvalue weighted by Gasteiger charge is 2.13. The molecule has 0 spiro atoms. The van der Waals surface area contributed by atoms with E-state index in [1.807, 2.05) is 55.5 Å². The zero-order chi connectivity index (χ0) is 23.9. The molecule has 3 aromatic carbocycles. The first kappa shape index (κ1) is 25.3. The van der Waals surface area contributed by atoms with Gasteiger partial charge in [-0.1, -0.05) is 55.5 Å². The third-order valence-corrected chi connectivity index (χ3v) is 4.68. The van der Waals surface area contributed by atoms with Crippen LogP contribution in [-0.4, -0.2) is 30.8 Å². The summed E-state index contributed by atoms with van der Waals surface area (Å²) in [6.45, 7) is 2.19. The van der Waals surface area contributed by atoms with E-state index in [-0.39, 0.29) is 11.7 Å². The largest absolute Gasteiger partial charge is 0.507 e. The van der Waals surface area contributed by atoms with Crippen LogP contribution in [0.4, 0.5) is 0 Å². The molecule has 1 N–H and O–H groups in total. The fourth-order valence-corrected chi connectivity index (χ4v) is 2.95. The smallest absolute Gasteiger partial charge is 0.231 e. The van der Waals surface area contributed by atoms with E-state index < -0.39 is 0 Å². The molecule has 0 bridgehead atoms. The number of rotatable bonds is 7. The van der Waals surface area contributed by atoms with E-state index in [1.54, 1.807) is 18.2 Å². The molecule has 4 rings (SSSR count). The Morgan fingerprint density at radius 3 is 2.21 bits per heavy atom. The lowest BCUT2D eigenvalue weighted by Gasteiger charge is -2.04. The van der Waals surface area contributed by atoms with E-state index in [4.69, 9.17) is 14.6 Å². The van der Waals surface area contributed by atoms with Gasteiger partial charge in [-0.3, -0.25) is 4.79 Å². The Morgan fingerprint density at radius 2 is 1.58 bits per heavy atom. The fourth-order valence-electron chi connectivity index (χ4n) is 2.95. The molecule has 0 amide bonds. The van der Waals surface area contributed by atoms with Crippen LogP contribution in [0.1, 0.15) is 34.8 Å². The second-order valence-corrected chi connectivity index (χ2v) is 7.37. The Morgan fingerprint density at radius 1 is 0.879 bits per heavy atom. The van der Waals surface area contributed by atoms with Crippen LogP contribution < -0.4 is 9.47 Å². The number of carbonyl (C=O) groups excluding carboxylic acids is 3. The van der Waals surface area contributed by atoms with Gasteiger partial charge in [0, 0.05) is 12.3 Å². The number of hydrogen-bond donors (Lipinski definition) is 1. The second kappa shape index (κ2) is 14.2. The number of aldehydes is 3. The van der Waals surface area contributed by atoms with Crippen LogP contribution in [0.15, 0.2) is 72.8 Å². The molecule has 0 aliphatic carbocycles. The van der Waals surface area contributed by atoms with E-state index in [1.165, 1.54) is 11.6 Å². The molecule has 0 fully saturated rings. The average Bonchev–Trinajstić information content (AvgIpc) is 3.32. The first-order valence-electron chi connectivity index (χ1n) is 10.6. The predicted octanol–water partition coefficient (Wildman–Crippen LogP) is 4.82. The van der Waals surface area contributed by atoms with Crippen molar-refractivity contribution in [2.75, 3.05) is 6.79 Å². The summed E-state index contributed by atoms with van der Waals surface area (Å²) in [6, 6.07) is 22.2. The molecular formula is C27H28O6. The van der Waals surface area contributed by atoms with Crippen molar-refractivity contribution in [1.29, 1.82) is 0 Å². The molecule has 172 valence electrons. The topological polar surface area (TPSA) is 89.9 Å². The molecular weight excluding hydrogens is 420 g/mol. The van der Waals surface area contributed by atoms with Crippen LogP contribution in [-0.2, 0) is 22.4 Å². The fraction of sp³-hybridized carbons (Fsp3) is 0.222. The van der Waals surface area contributed by atoms with E-state index >= 15 is 0 Å². The number of phenols is 1. The van der Waals surface area contributed by atoms with Crippen molar-refractivity contribution in [3.8, 4) is 17.2 Å². The highest BCUT2D eigenvalue weighted by Crippen LogP contribution is 2.32. The van der Waals surface area contributed by atoms with E-state index in [9.17, 15) is 14.4 Å². The molecule has 33 heavy (non-hydrogen) atoms. The van der Waals surface area contributed by atoms with Crippen LogP contribution >= 0.6 is 0 Å². The van der Waals surface area contributed by atoms with Crippen LogP contribution in [0, 0.1) is 5.92 Å². The first-order chi connectivity index (χ1) is 16.1. The maximum atomic E-state index is 10.5. The number of aromatic hydroxyl groups is 1. The van der Waals surface area contributed by atoms with Gasteiger partial charge in [0.2, 0.25) is 6.79 Å². The van der Waals surface area contributed by atoms with Gasteiger partial charge in [-0.25, -0.2) is 0 Å². The zero-order valence-corrected chi connectivity index (χ0v) is 18.6. The summed E-state index contributed by atoms with van der Waals surface area (Å²) in [5.74, 6) is 1.65. The third kappa shape index (κ3) is 8.99. The molecule has 6 nitrogen and oxygen atoms in total. The Bertz CT molecular complexity index is 1020. The van der Waals surface area contributed by atoms with Gasteiger partial charge in [0.25, 0.3) is 0 Å². The number of phenolic OH excluding ortho intramolecular Hbond substituents is 1. The summed E-state index contributed by atoms with van der Waals surface area (Å²) >= 11 is 0. The minimum Gasteiger partial charge on any atom is -0.507 e. The lowest BCUT2D eigenvalue weighted by atomic mass is 10.0. The number of aryl methyl sites for hydroxylation is 1. The lowest BCUT2D eigenvalue weighted by molar-refractivity contribution is -0.110. The summed E-state index contributed by atoms with van der Waals surface area (Å²) in [7, 11) is 0. The van der Waals surface area contributed by atoms with Gasteiger partial charge in [0.15, 0.2) is 17.8 Å². The van der Waals surface area contributed by atoms with Crippen molar-refractivity contribution in [2.45, 2.75) is 26.2 Å². The summed E-state index contributed by atoms with van der Waals surface area (Å²) in [5, 5.41) is 8.88. The molecule has 0 aromatic heterocycles. The molecule has 0 saturated heterocycles. The van der Waals surface area contributed by atoms with Crippen LogP contribution in [0.5, 0.6) is 17.2 Å². The summed E-state index contributed by atoms with van der Waals surface area (Å²) in [5.41, 5.74) is 2.67. The molecule has 1 aliphatic heterocycles. The normalized spacial score (nSPS) is 11.7. The number of ether oxygens (including phenoxy) is 2. The summed E-state index contributed by atoms with van der Waals surface area (Å²) in [6.07, 6.45) is 4.78. The van der Waals surface area contributed by atoms with Gasteiger partial charge in [0.1, 0.15) is 18.3 Å². The Hall–Kier alpha value is -3.93. The molecule has 3 aromatic rings. The molecule has 0 radical (unpaired) electrons. The van der Waals surface area contributed by atoms with E-state index in [2.05, 4.69) is 0 Å². The van der Waals surface area contributed by atoms with Gasteiger partial charge in [-0.15, -0.1) is 0 Å². The van der Waals surface area contributed by atoms with Gasteiger partial charge in [-0.2, -0.15) is 0 Å². The lowest BCUT2D eigenvalue weighted by Crippen LogP contribution is -2.00. The molecule has 1 heterocycles. The number of benzene rings is 3. The quantitative estimate of drug-likeness (QED) is 0.522. The van der Waals surface area contributed by atoms with Gasteiger partial charge < -0.3 is 24.2 Å². The van der Waals surface area contributed by atoms with Gasteiger partial charge >= 0.3 is 0 Å². The summed E-state index contributed by atoms with van der Waals surface area (Å²) < 4.78 is 10.4. The Labute approximate surface area is 193 Å². The van der Waals surface area contributed by atoms with Crippen molar-refractivity contribution in [1.82, 2.24) is 0 Å². The highest BCUT2D eigenvalue weighted by atomic mass is 16.7. The first-order valence-corrected chi connectivity index (χ1v) is 10.6. The molecule has 0 saturated carbocycles. The minimum absolute atomic E-state index is 0.0347. The Kier molecular flexibility index (Phi) is 10.9. The number of carbonyl (C=O) groups is 3. The molecule has 1 atom stereocenters. The summed E-state index contributed by atoms with van der Waals surface area (Å²) in [4.78, 5) is 30.5. The monoisotopic (exact) mass is 448 g/mol. The maximum Gasteiger partial charge on any atom is 0.231 e. The SMILES string of the molecule is CC(C=O)Cc1ccc2c(c1)OCO2.O=CCCc1ccccc1.O=Cc1ccccc1O. The molecule has 6 heteroatoms. The highest BCUT2D eigenvalue weighted by molar-refractivity contribution is 5.78. The van der Waals surface area contributed by atoms with Crippen molar-refractivity contribution in [3.05, 3.63) is 89.5 Å². The Balaban J connectivity index is 0.000000181. The van der Waals surface area contributed by atoms with E-state index in [0.717, 1.165) is 42.5 Å². The molecule has 1 unspecified atom stereocenters. The average molecular weight is 449 g/mol. The minimum atomic E-state index is 0.0347. The third-order valence-electron chi connectivity index (χ3n) is 4.68. The number of fused-ring (bicyclic) bond motifs is 1. The molecule has 1 aliphatic rings. The standard InChI is InChI=1S/C11H12O3.C9H10O.C7H6O2/c1-8(6-12)4-9-2-3-10-11(5-9)14-7-13-10;10-8-4-7-9-5-2-1-3-6-9;8-5-6-3-1-2-4-7(6)9/h2-3,5-6,8H,4,7H2,1H3;1-3,5-6,8H,4,7H2;1-5,9H. The van der Waals surface area contributed by atoms with Crippen LogP contribution in [0.25, 0.3) is 0 Å².